The molecule has 0 spiro atoms. The number of nitrogens with one attached hydrogen (secondary N) is 2. The molecule has 2 aromatic carbocycles. The number of benzene rings is 2. The highest BCUT2D eigenvalue weighted by atomic mass is 16.2. The number of hydrogen-bond acceptors (Lipinski definition) is 3. The molecule has 2 amide bonds. The van der Waals surface area contributed by atoms with Crippen LogP contribution >= 0.6 is 0 Å². The number of hydrogen-bond donors (Lipinski definition) is 2. The van der Waals surface area contributed by atoms with Gasteiger partial charge in [-0.1, -0.05) is 42.5 Å². The number of carbonyl (C=O) groups excluding carboxylic acids is 2. The molecule has 2 aliphatic rings. The first-order valence-corrected chi connectivity index (χ1v) is 9.59. The van der Waals surface area contributed by atoms with Gasteiger partial charge in [-0.25, -0.2) is 0 Å². The lowest BCUT2D eigenvalue weighted by molar-refractivity contribution is -0.126. The molecule has 0 bridgehead atoms. The molecule has 27 heavy (non-hydrogen) atoms. The van der Waals surface area contributed by atoms with E-state index in [4.69, 9.17) is 0 Å². The second-order valence-corrected chi connectivity index (χ2v) is 7.48. The van der Waals surface area contributed by atoms with Crippen LogP contribution in [0.2, 0.25) is 0 Å². The minimum absolute atomic E-state index is 0.0680. The molecule has 0 saturated carbocycles. The van der Waals surface area contributed by atoms with Crippen LogP contribution < -0.4 is 10.6 Å². The highest BCUT2D eigenvalue weighted by Crippen LogP contribution is 2.32. The van der Waals surface area contributed by atoms with Gasteiger partial charge in [0.25, 0.3) is 0 Å². The van der Waals surface area contributed by atoms with E-state index in [1.165, 1.54) is 11.1 Å². The van der Waals surface area contributed by atoms with E-state index in [1.54, 1.807) is 0 Å². The zero-order valence-corrected chi connectivity index (χ0v) is 15.6. The van der Waals surface area contributed by atoms with Gasteiger partial charge >= 0.3 is 0 Å². The first-order valence-electron chi connectivity index (χ1n) is 9.59. The molecule has 4 rings (SSSR count). The van der Waals surface area contributed by atoms with Gasteiger partial charge < -0.3 is 10.6 Å². The smallest absolute Gasteiger partial charge is 0.228 e. The highest BCUT2D eigenvalue weighted by Gasteiger charge is 2.30. The number of rotatable bonds is 4. The largest absolute Gasteiger partial charge is 0.354 e. The van der Waals surface area contributed by atoms with Crippen molar-refractivity contribution in [2.24, 2.45) is 0 Å². The summed E-state index contributed by atoms with van der Waals surface area (Å²) in [6.07, 6.45) is 1.25. The second kappa shape index (κ2) is 7.53. The summed E-state index contributed by atoms with van der Waals surface area (Å²) in [5, 5.41) is 5.92. The standard InChI is InChI=1S/C22H25N3O2/c1-15(25-11-10-16-6-2-3-7-17(16)14-25)13-23-22(27)19-12-21(26)24-20-9-5-4-8-18(19)20/h2-9,15,19H,10-14H2,1H3,(H,23,27)(H,24,26). The van der Waals surface area contributed by atoms with Gasteiger partial charge in [-0.15, -0.1) is 0 Å². The van der Waals surface area contributed by atoms with Gasteiger partial charge in [0.05, 0.1) is 5.92 Å². The molecule has 0 aromatic heterocycles. The lowest BCUT2D eigenvalue weighted by atomic mass is 9.90. The summed E-state index contributed by atoms with van der Waals surface area (Å²) in [7, 11) is 0. The fourth-order valence-corrected chi connectivity index (χ4v) is 4.04. The molecule has 2 unspecified atom stereocenters. The van der Waals surface area contributed by atoms with Crippen molar-refractivity contribution in [2.75, 3.05) is 18.4 Å². The van der Waals surface area contributed by atoms with E-state index in [1.807, 2.05) is 24.3 Å². The van der Waals surface area contributed by atoms with Crippen molar-refractivity contribution >= 4 is 17.5 Å². The van der Waals surface area contributed by atoms with E-state index >= 15 is 0 Å². The minimum Gasteiger partial charge on any atom is -0.354 e. The summed E-state index contributed by atoms with van der Waals surface area (Å²) in [6, 6.07) is 16.4. The van der Waals surface area contributed by atoms with Crippen molar-refractivity contribution in [1.82, 2.24) is 10.2 Å². The fourth-order valence-electron chi connectivity index (χ4n) is 4.04. The second-order valence-electron chi connectivity index (χ2n) is 7.48. The number of para-hydroxylation sites is 1. The Morgan fingerprint density at radius 2 is 1.93 bits per heavy atom. The predicted molar refractivity (Wildman–Crippen MR) is 105 cm³/mol. The third kappa shape index (κ3) is 3.74. The van der Waals surface area contributed by atoms with Crippen LogP contribution in [0.3, 0.4) is 0 Å². The van der Waals surface area contributed by atoms with Crippen molar-refractivity contribution in [3.05, 3.63) is 65.2 Å². The summed E-state index contributed by atoms with van der Waals surface area (Å²) in [6.45, 7) is 4.65. The molecule has 0 radical (unpaired) electrons. The van der Waals surface area contributed by atoms with Crippen LogP contribution in [0.4, 0.5) is 5.69 Å². The average Bonchev–Trinajstić information content (AvgIpc) is 2.70. The maximum absolute atomic E-state index is 12.8. The van der Waals surface area contributed by atoms with Crippen molar-refractivity contribution in [2.45, 2.75) is 38.3 Å². The van der Waals surface area contributed by atoms with Crippen LogP contribution in [0.1, 0.15) is 36.0 Å². The number of anilines is 1. The van der Waals surface area contributed by atoms with E-state index in [0.29, 0.717) is 6.54 Å². The lowest BCUT2D eigenvalue weighted by Gasteiger charge is -2.34. The molecular formula is C22H25N3O2. The highest BCUT2D eigenvalue weighted by molar-refractivity contribution is 6.01. The van der Waals surface area contributed by atoms with Crippen LogP contribution in [0.25, 0.3) is 0 Å². The SMILES string of the molecule is CC(CNC(=O)C1CC(=O)Nc2ccccc21)N1CCc2ccccc2C1. The third-order valence-corrected chi connectivity index (χ3v) is 5.67. The quantitative estimate of drug-likeness (QED) is 0.878. The Balaban J connectivity index is 1.38. The molecule has 0 fully saturated rings. The van der Waals surface area contributed by atoms with E-state index in [9.17, 15) is 9.59 Å². The van der Waals surface area contributed by atoms with Gasteiger partial charge in [-0.05, 0) is 36.1 Å². The molecule has 2 aliphatic heterocycles. The maximum atomic E-state index is 12.8. The van der Waals surface area contributed by atoms with Gasteiger partial charge in [-0.2, -0.15) is 0 Å². The number of carbonyl (C=O) groups is 2. The van der Waals surface area contributed by atoms with Gasteiger partial charge in [0.2, 0.25) is 11.8 Å². The van der Waals surface area contributed by atoms with Gasteiger partial charge in [0, 0.05) is 37.8 Å². The third-order valence-electron chi connectivity index (χ3n) is 5.67. The Morgan fingerprint density at radius 3 is 2.78 bits per heavy atom. The van der Waals surface area contributed by atoms with Crippen LogP contribution in [-0.2, 0) is 22.6 Å². The molecule has 2 heterocycles. The monoisotopic (exact) mass is 363 g/mol. The summed E-state index contributed by atoms with van der Waals surface area (Å²) < 4.78 is 0. The Labute approximate surface area is 159 Å². The van der Waals surface area contributed by atoms with E-state index in [2.05, 4.69) is 46.7 Å². The molecule has 140 valence electrons. The molecule has 0 saturated heterocycles. The van der Waals surface area contributed by atoms with Crippen LogP contribution in [0.15, 0.2) is 48.5 Å². The summed E-state index contributed by atoms with van der Waals surface area (Å²) in [4.78, 5) is 27.1. The van der Waals surface area contributed by atoms with Crippen LogP contribution in [0, 0.1) is 0 Å². The van der Waals surface area contributed by atoms with Crippen molar-refractivity contribution in [3.8, 4) is 0 Å². The normalized spacial score (nSPS) is 20.2. The Kier molecular flexibility index (Phi) is 4.94. The van der Waals surface area contributed by atoms with Crippen LogP contribution in [-0.4, -0.2) is 35.8 Å². The van der Waals surface area contributed by atoms with Crippen molar-refractivity contribution in [3.63, 3.8) is 0 Å². The van der Waals surface area contributed by atoms with E-state index in [0.717, 1.165) is 30.8 Å². The zero-order valence-electron chi connectivity index (χ0n) is 15.6. The Hall–Kier alpha value is -2.66. The fraction of sp³-hybridized carbons (Fsp3) is 0.364. The van der Waals surface area contributed by atoms with Crippen molar-refractivity contribution in [1.29, 1.82) is 0 Å². The predicted octanol–water partition coefficient (Wildman–Crippen LogP) is 2.68. The summed E-state index contributed by atoms with van der Waals surface area (Å²) in [5.74, 6) is -0.583. The molecule has 5 nitrogen and oxygen atoms in total. The number of fused-ring (bicyclic) bond motifs is 2. The molecule has 2 N–H and O–H groups in total. The van der Waals surface area contributed by atoms with Gasteiger partial charge in [-0.3, -0.25) is 14.5 Å². The van der Waals surface area contributed by atoms with Gasteiger partial charge in [0.15, 0.2) is 0 Å². The summed E-state index contributed by atoms with van der Waals surface area (Å²) in [5.41, 5.74) is 4.44. The zero-order chi connectivity index (χ0) is 18.8. The van der Waals surface area contributed by atoms with Crippen LogP contribution in [0.5, 0.6) is 0 Å². The first-order chi connectivity index (χ1) is 13.1. The van der Waals surface area contributed by atoms with E-state index in [-0.39, 0.29) is 24.3 Å². The first kappa shape index (κ1) is 17.7. The Morgan fingerprint density at radius 1 is 1.19 bits per heavy atom. The number of nitrogens with zero attached hydrogens (tertiary/aromatic N) is 1. The van der Waals surface area contributed by atoms with E-state index < -0.39 is 5.92 Å². The molecular weight excluding hydrogens is 338 g/mol. The molecule has 5 heteroatoms. The minimum atomic E-state index is -0.413. The average molecular weight is 363 g/mol. The van der Waals surface area contributed by atoms with Gasteiger partial charge in [0.1, 0.15) is 0 Å². The topological polar surface area (TPSA) is 61.4 Å². The molecule has 0 aliphatic carbocycles. The maximum Gasteiger partial charge on any atom is 0.228 e. The molecule has 2 atom stereocenters. The van der Waals surface area contributed by atoms with Crippen molar-refractivity contribution < 1.29 is 9.59 Å². The Bertz CT molecular complexity index is 864. The summed E-state index contributed by atoms with van der Waals surface area (Å²) >= 11 is 0. The lowest BCUT2D eigenvalue weighted by Crippen LogP contribution is -2.45. The molecule has 2 aromatic rings. The number of amides is 2.